The maximum Gasteiger partial charge on any atom is 0.219 e. The number of thiophene rings is 1. The minimum atomic E-state index is 0.581. The lowest BCUT2D eigenvalue weighted by molar-refractivity contribution is 0.412. The molecule has 3 aromatic rings. The second kappa shape index (κ2) is 7.95. The molecule has 2 aromatic heterocycles. The number of aromatic nitrogens is 1. The van der Waals surface area contributed by atoms with Gasteiger partial charge >= 0.3 is 0 Å². The van der Waals surface area contributed by atoms with Gasteiger partial charge in [-0.2, -0.15) is 0 Å². The van der Waals surface area contributed by atoms with Crippen LogP contribution in [0.4, 0.5) is 0 Å². The molecule has 0 aliphatic heterocycles. The molecule has 0 aliphatic carbocycles. The van der Waals surface area contributed by atoms with Gasteiger partial charge in [0.25, 0.3) is 0 Å². The number of hydrogen-bond donors (Lipinski definition) is 1. The van der Waals surface area contributed by atoms with Crippen LogP contribution in [0.3, 0.4) is 0 Å². The average molecular weight is 340 g/mol. The Kier molecular flexibility index (Phi) is 5.46. The van der Waals surface area contributed by atoms with Crippen LogP contribution in [0.2, 0.25) is 0 Å². The van der Waals surface area contributed by atoms with Crippen molar-refractivity contribution in [3.63, 3.8) is 0 Å². The monoisotopic (exact) mass is 340 g/mol. The van der Waals surface area contributed by atoms with Gasteiger partial charge in [0.15, 0.2) is 0 Å². The zero-order valence-electron chi connectivity index (χ0n) is 13.8. The third kappa shape index (κ3) is 4.57. The van der Waals surface area contributed by atoms with E-state index in [4.69, 9.17) is 9.47 Å². The highest BCUT2D eigenvalue weighted by Gasteiger charge is 2.01. The minimum absolute atomic E-state index is 0.581. The topological polar surface area (TPSA) is 43.4 Å². The Bertz CT molecular complexity index is 767. The van der Waals surface area contributed by atoms with Crippen molar-refractivity contribution in [3.05, 3.63) is 70.0 Å². The van der Waals surface area contributed by atoms with Crippen LogP contribution in [0.1, 0.15) is 15.3 Å². The number of benzene rings is 1. The molecule has 0 fully saturated rings. The van der Waals surface area contributed by atoms with Crippen LogP contribution in [0, 0.1) is 6.92 Å². The number of methoxy groups -OCH3 is 1. The molecule has 0 bridgehead atoms. The molecule has 2 heterocycles. The zero-order valence-corrected chi connectivity index (χ0v) is 14.6. The lowest BCUT2D eigenvalue weighted by Crippen LogP contribution is -2.11. The van der Waals surface area contributed by atoms with Gasteiger partial charge in [-0.15, -0.1) is 11.3 Å². The van der Waals surface area contributed by atoms with Crippen molar-refractivity contribution in [3.8, 4) is 17.4 Å². The normalized spacial score (nSPS) is 10.6. The van der Waals surface area contributed by atoms with Crippen molar-refractivity contribution >= 4 is 11.3 Å². The Morgan fingerprint density at radius 1 is 0.958 bits per heavy atom. The van der Waals surface area contributed by atoms with Crippen molar-refractivity contribution in [2.75, 3.05) is 7.11 Å². The molecule has 1 aromatic carbocycles. The summed E-state index contributed by atoms with van der Waals surface area (Å²) < 4.78 is 10.9. The summed E-state index contributed by atoms with van der Waals surface area (Å²) in [6.07, 6.45) is 1.84. The molecule has 0 saturated carbocycles. The summed E-state index contributed by atoms with van der Waals surface area (Å²) in [6.45, 7) is 3.79. The minimum Gasteiger partial charge on any atom is -0.497 e. The lowest BCUT2D eigenvalue weighted by atomic mass is 10.3. The fourth-order valence-corrected chi connectivity index (χ4v) is 3.11. The first-order valence-electron chi connectivity index (χ1n) is 7.76. The number of rotatable bonds is 7. The largest absolute Gasteiger partial charge is 0.497 e. The highest BCUT2D eigenvalue weighted by molar-refractivity contribution is 7.11. The molecule has 0 amide bonds. The van der Waals surface area contributed by atoms with E-state index in [1.165, 1.54) is 9.75 Å². The van der Waals surface area contributed by atoms with Crippen molar-refractivity contribution in [2.24, 2.45) is 0 Å². The first-order chi connectivity index (χ1) is 11.7. The van der Waals surface area contributed by atoms with Gasteiger partial charge in [0.2, 0.25) is 5.88 Å². The van der Waals surface area contributed by atoms with E-state index in [0.29, 0.717) is 5.88 Å². The van der Waals surface area contributed by atoms with Crippen LogP contribution in [-0.2, 0) is 13.1 Å². The molecule has 0 unspecified atom stereocenters. The third-order valence-electron chi connectivity index (χ3n) is 3.50. The van der Waals surface area contributed by atoms with Crippen LogP contribution in [0.5, 0.6) is 17.4 Å². The molecule has 0 aliphatic rings. The summed E-state index contributed by atoms with van der Waals surface area (Å²) in [6, 6.07) is 15.7. The van der Waals surface area contributed by atoms with E-state index >= 15 is 0 Å². The van der Waals surface area contributed by atoms with Gasteiger partial charge in [0, 0.05) is 35.1 Å². The predicted molar refractivity (Wildman–Crippen MR) is 96.9 cm³/mol. The summed E-state index contributed by atoms with van der Waals surface area (Å²) in [4.78, 5) is 7.04. The van der Waals surface area contributed by atoms with E-state index < -0.39 is 0 Å². The van der Waals surface area contributed by atoms with Crippen molar-refractivity contribution in [1.82, 2.24) is 10.3 Å². The highest BCUT2D eigenvalue weighted by atomic mass is 32.1. The smallest absolute Gasteiger partial charge is 0.219 e. The molecule has 1 N–H and O–H groups in total. The van der Waals surface area contributed by atoms with E-state index in [1.807, 2.05) is 53.9 Å². The quantitative estimate of drug-likeness (QED) is 0.685. The van der Waals surface area contributed by atoms with Gasteiger partial charge in [0.1, 0.15) is 11.5 Å². The number of nitrogens with one attached hydrogen (secondary N) is 1. The van der Waals surface area contributed by atoms with Crippen molar-refractivity contribution in [2.45, 2.75) is 20.0 Å². The number of nitrogens with zero attached hydrogens (tertiary/aromatic N) is 1. The fraction of sp³-hybridized carbons (Fsp3) is 0.211. The summed E-state index contributed by atoms with van der Waals surface area (Å²) >= 11 is 1.82. The van der Waals surface area contributed by atoms with E-state index in [1.54, 1.807) is 7.11 Å². The van der Waals surface area contributed by atoms with Gasteiger partial charge in [-0.25, -0.2) is 4.98 Å². The van der Waals surface area contributed by atoms with Gasteiger partial charge in [-0.3, -0.25) is 0 Å². The first-order valence-corrected chi connectivity index (χ1v) is 8.57. The van der Waals surface area contributed by atoms with Crippen LogP contribution in [0.15, 0.2) is 54.7 Å². The summed E-state index contributed by atoms with van der Waals surface area (Å²) in [5, 5.41) is 3.43. The van der Waals surface area contributed by atoms with Crippen molar-refractivity contribution < 1.29 is 9.47 Å². The Hall–Kier alpha value is -2.37. The Morgan fingerprint density at radius 3 is 2.38 bits per heavy atom. The molecule has 124 valence electrons. The molecule has 5 heteroatoms. The van der Waals surface area contributed by atoms with Gasteiger partial charge in [0.05, 0.1) is 7.11 Å². The van der Waals surface area contributed by atoms with Crippen LogP contribution in [0.25, 0.3) is 0 Å². The van der Waals surface area contributed by atoms with Gasteiger partial charge < -0.3 is 14.8 Å². The molecule has 0 saturated heterocycles. The van der Waals surface area contributed by atoms with Crippen LogP contribution < -0.4 is 14.8 Å². The molecular formula is C19H20N2O2S. The molecule has 3 rings (SSSR count). The van der Waals surface area contributed by atoms with E-state index in [0.717, 1.165) is 30.2 Å². The number of ether oxygens (including phenoxy) is 2. The van der Waals surface area contributed by atoms with Crippen LogP contribution in [-0.4, -0.2) is 12.1 Å². The first kappa shape index (κ1) is 16.5. The summed E-state index contributed by atoms with van der Waals surface area (Å²) in [5.41, 5.74) is 1.13. The summed E-state index contributed by atoms with van der Waals surface area (Å²) in [5.74, 6) is 2.12. The number of pyridine rings is 1. The number of hydrogen-bond acceptors (Lipinski definition) is 5. The Balaban J connectivity index is 1.50. The summed E-state index contributed by atoms with van der Waals surface area (Å²) in [7, 11) is 1.64. The van der Waals surface area contributed by atoms with Gasteiger partial charge in [-0.1, -0.05) is 6.07 Å². The molecule has 0 atom stereocenters. The molecule has 0 radical (unpaired) electrons. The van der Waals surface area contributed by atoms with Crippen LogP contribution >= 0.6 is 11.3 Å². The van der Waals surface area contributed by atoms with E-state index in [-0.39, 0.29) is 0 Å². The average Bonchev–Trinajstić information content (AvgIpc) is 3.02. The van der Waals surface area contributed by atoms with Gasteiger partial charge in [-0.05, 0) is 48.9 Å². The lowest BCUT2D eigenvalue weighted by Gasteiger charge is -2.07. The molecule has 4 nitrogen and oxygen atoms in total. The third-order valence-corrected chi connectivity index (χ3v) is 4.50. The second-order valence-electron chi connectivity index (χ2n) is 5.40. The Labute approximate surface area is 146 Å². The maximum atomic E-state index is 5.72. The molecule has 0 spiro atoms. The SMILES string of the molecule is COc1ccc(Oc2ccc(CNCc3ccc(C)s3)cn2)cc1. The highest BCUT2D eigenvalue weighted by Crippen LogP contribution is 2.22. The zero-order chi connectivity index (χ0) is 16.8. The maximum absolute atomic E-state index is 5.72. The second-order valence-corrected chi connectivity index (χ2v) is 6.77. The standard InChI is InChI=1S/C19H20N2O2S/c1-14-3-9-18(24-14)13-20-11-15-4-10-19(21-12-15)23-17-7-5-16(22-2)6-8-17/h3-10,12,20H,11,13H2,1-2H3. The predicted octanol–water partition coefficient (Wildman–Crippen LogP) is 4.54. The van der Waals surface area contributed by atoms with E-state index in [9.17, 15) is 0 Å². The number of aryl methyl sites for hydroxylation is 1. The van der Waals surface area contributed by atoms with E-state index in [2.05, 4.69) is 29.4 Å². The molecular weight excluding hydrogens is 320 g/mol. The Morgan fingerprint density at radius 2 is 1.75 bits per heavy atom. The molecule has 24 heavy (non-hydrogen) atoms. The fourth-order valence-electron chi connectivity index (χ4n) is 2.25. The van der Waals surface area contributed by atoms with Crippen molar-refractivity contribution in [1.29, 1.82) is 0 Å².